The third-order valence-corrected chi connectivity index (χ3v) is 5.07. The molecule has 2 heterocycles. The van der Waals surface area contributed by atoms with Gasteiger partial charge in [-0.1, -0.05) is 29.8 Å². The Balaban J connectivity index is 1.41. The third-order valence-electron chi connectivity index (χ3n) is 4.82. The second-order valence-corrected chi connectivity index (χ2v) is 7.01. The second-order valence-electron chi connectivity index (χ2n) is 6.57. The molecule has 0 fully saturated rings. The molecule has 4 rings (SSSR count). The van der Waals surface area contributed by atoms with Crippen LogP contribution < -0.4 is 15.2 Å². The standard InChI is InChI=1S/C20H22ClN3O/c1-25-19-4-2-3-18(11-19)24-14-16-13-23(10-9-20(16)22-24)12-15-5-7-17(21)8-6-15/h2-8,11,22H,9-10,12-14H2,1H3. The number of halogens is 1. The molecule has 4 nitrogen and oxygen atoms in total. The van der Waals surface area contributed by atoms with E-state index in [1.165, 1.54) is 16.8 Å². The molecule has 0 saturated carbocycles. The molecule has 0 unspecified atom stereocenters. The molecule has 0 aliphatic carbocycles. The average molecular weight is 356 g/mol. The van der Waals surface area contributed by atoms with Crippen LogP contribution in [0.4, 0.5) is 5.69 Å². The lowest BCUT2D eigenvalue weighted by Crippen LogP contribution is -2.33. The number of ether oxygens (including phenoxy) is 1. The number of hydrogen-bond acceptors (Lipinski definition) is 4. The molecule has 25 heavy (non-hydrogen) atoms. The Morgan fingerprint density at radius 3 is 2.76 bits per heavy atom. The first kappa shape index (κ1) is 16.3. The van der Waals surface area contributed by atoms with Gasteiger partial charge in [0.15, 0.2) is 0 Å². The zero-order valence-electron chi connectivity index (χ0n) is 14.3. The van der Waals surface area contributed by atoms with E-state index in [1.807, 2.05) is 24.3 Å². The van der Waals surface area contributed by atoms with Gasteiger partial charge in [0.25, 0.3) is 0 Å². The number of benzene rings is 2. The molecule has 2 aromatic rings. The normalized spacial score (nSPS) is 17.4. The molecule has 2 aromatic carbocycles. The summed E-state index contributed by atoms with van der Waals surface area (Å²) in [4.78, 5) is 2.50. The summed E-state index contributed by atoms with van der Waals surface area (Å²) in [5.74, 6) is 0.883. The molecule has 0 saturated heterocycles. The smallest absolute Gasteiger partial charge is 0.120 e. The Morgan fingerprint density at radius 2 is 1.96 bits per heavy atom. The van der Waals surface area contributed by atoms with Crippen molar-refractivity contribution in [3.63, 3.8) is 0 Å². The van der Waals surface area contributed by atoms with Gasteiger partial charge < -0.3 is 10.2 Å². The highest BCUT2D eigenvalue weighted by atomic mass is 35.5. The number of nitrogens with one attached hydrogen (secondary N) is 1. The van der Waals surface area contributed by atoms with Crippen LogP contribution in [0.15, 0.2) is 59.8 Å². The van der Waals surface area contributed by atoms with Gasteiger partial charge in [0.05, 0.1) is 19.3 Å². The minimum atomic E-state index is 0.793. The molecule has 0 amide bonds. The van der Waals surface area contributed by atoms with Crippen molar-refractivity contribution in [1.29, 1.82) is 0 Å². The van der Waals surface area contributed by atoms with Crippen LogP contribution >= 0.6 is 11.6 Å². The molecule has 0 atom stereocenters. The van der Waals surface area contributed by atoms with Crippen molar-refractivity contribution < 1.29 is 4.74 Å². The average Bonchev–Trinajstić information content (AvgIpc) is 3.07. The summed E-state index contributed by atoms with van der Waals surface area (Å²) in [6.45, 7) is 3.96. The fourth-order valence-electron chi connectivity index (χ4n) is 3.48. The molecule has 2 aliphatic rings. The van der Waals surface area contributed by atoms with Crippen molar-refractivity contribution in [2.45, 2.75) is 13.0 Å². The van der Waals surface area contributed by atoms with Gasteiger partial charge in [-0.05, 0) is 35.4 Å². The Bertz CT molecular complexity index is 788. The van der Waals surface area contributed by atoms with E-state index in [4.69, 9.17) is 16.3 Å². The fourth-order valence-corrected chi connectivity index (χ4v) is 3.61. The number of hydrogen-bond donors (Lipinski definition) is 1. The lowest BCUT2D eigenvalue weighted by atomic mass is 10.1. The third kappa shape index (κ3) is 3.60. The first-order valence-corrected chi connectivity index (χ1v) is 8.95. The molecule has 130 valence electrons. The van der Waals surface area contributed by atoms with Crippen LogP contribution in [0.25, 0.3) is 0 Å². The number of nitrogens with zero attached hydrogens (tertiary/aromatic N) is 2. The number of anilines is 1. The largest absolute Gasteiger partial charge is 0.497 e. The molecule has 5 heteroatoms. The maximum absolute atomic E-state index is 5.98. The minimum absolute atomic E-state index is 0.793. The zero-order chi connectivity index (χ0) is 17.2. The summed E-state index contributed by atoms with van der Waals surface area (Å²) < 4.78 is 5.34. The van der Waals surface area contributed by atoms with Gasteiger partial charge in [0.1, 0.15) is 5.75 Å². The van der Waals surface area contributed by atoms with Crippen molar-refractivity contribution in [2.24, 2.45) is 0 Å². The lowest BCUT2D eigenvalue weighted by Gasteiger charge is -2.27. The number of methoxy groups -OCH3 is 1. The summed E-state index contributed by atoms with van der Waals surface area (Å²) in [6, 6.07) is 16.3. The van der Waals surface area contributed by atoms with Crippen LogP contribution in [-0.4, -0.2) is 31.6 Å². The molecule has 2 aliphatic heterocycles. The van der Waals surface area contributed by atoms with Crippen molar-refractivity contribution in [3.8, 4) is 5.75 Å². The summed E-state index contributed by atoms with van der Waals surface area (Å²) in [5, 5.41) is 3.00. The van der Waals surface area contributed by atoms with Gasteiger partial charge in [-0.25, -0.2) is 0 Å². The predicted molar refractivity (Wildman–Crippen MR) is 102 cm³/mol. The summed E-state index contributed by atoms with van der Waals surface area (Å²) >= 11 is 5.98. The SMILES string of the molecule is COc1cccc(N2CC3=C(CCN(Cc4ccc(Cl)cc4)C3)N2)c1. The molecule has 1 N–H and O–H groups in total. The Hall–Kier alpha value is -2.17. The van der Waals surface area contributed by atoms with E-state index in [0.717, 1.165) is 49.1 Å². The fraction of sp³-hybridized carbons (Fsp3) is 0.300. The summed E-state index contributed by atoms with van der Waals surface area (Å²) in [5.41, 5.74) is 8.86. The van der Waals surface area contributed by atoms with Gasteiger partial charge in [-0.2, -0.15) is 0 Å². The van der Waals surface area contributed by atoms with E-state index in [1.54, 1.807) is 7.11 Å². The predicted octanol–water partition coefficient (Wildman–Crippen LogP) is 3.83. The van der Waals surface area contributed by atoms with Gasteiger partial charge in [0, 0.05) is 42.8 Å². The Morgan fingerprint density at radius 1 is 1.12 bits per heavy atom. The van der Waals surface area contributed by atoms with Gasteiger partial charge in [-0.3, -0.25) is 9.91 Å². The van der Waals surface area contributed by atoms with Gasteiger partial charge in [0.2, 0.25) is 0 Å². The second kappa shape index (κ2) is 6.98. The molecule has 0 aromatic heterocycles. The van der Waals surface area contributed by atoms with Crippen LogP contribution in [0.1, 0.15) is 12.0 Å². The van der Waals surface area contributed by atoms with E-state index in [2.05, 4.69) is 39.6 Å². The van der Waals surface area contributed by atoms with E-state index >= 15 is 0 Å². The van der Waals surface area contributed by atoms with E-state index < -0.39 is 0 Å². The van der Waals surface area contributed by atoms with Crippen LogP contribution in [0.3, 0.4) is 0 Å². The van der Waals surface area contributed by atoms with Crippen LogP contribution in [0.2, 0.25) is 5.02 Å². The van der Waals surface area contributed by atoms with E-state index in [-0.39, 0.29) is 0 Å². The lowest BCUT2D eigenvalue weighted by molar-refractivity contribution is 0.277. The van der Waals surface area contributed by atoms with Crippen molar-refractivity contribution in [3.05, 3.63) is 70.4 Å². The molecular weight excluding hydrogens is 334 g/mol. The maximum Gasteiger partial charge on any atom is 0.120 e. The zero-order valence-corrected chi connectivity index (χ0v) is 15.1. The topological polar surface area (TPSA) is 27.7 Å². The Labute approximate surface area is 153 Å². The van der Waals surface area contributed by atoms with Crippen LogP contribution in [0.5, 0.6) is 5.75 Å². The van der Waals surface area contributed by atoms with Crippen LogP contribution in [0, 0.1) is 0 Å². The quantitative estimate of drug-likeness (QED) is 0.902. The first-order valence-electron chi connectivity index (χ1n) is 8.57. The van der Waals surface area contributed by atoms with E-state index in [9.17, 15) is 0 Å². The maximum atomic E-state index is 5.98. The molecular formula is C20H22ClN3O. The highest BCUT2D eigenvalue weighted by Crippen LogP contribution is 2.28. The van der Waals surface area contributed by atoms with Crippen LogP contribution in [-0.2, 0) is 6.54 Å². The monoisotopic (exact) mass is 355 g/mol. The van der Waals surface area contributed by atoms with Gasteiger partial charge >= 0.3 is 0 Å². The molecule has 0 bridgehead atoms. The minimum Gasteiger partial charge on any atom is -0.497 e. The Kier molecular flexibility index (Phi) is 4.55. The summed E-state index contributed by atoms with van der Waals surface area (Å²) in [7, 11) is 1.70. The highest BCUT2D eigenvalue weighted by Gasteiger charge is 2.27. The molecule has 0 radical (unpaired) electrons. The molecule has 0 spiro atoms. The van der Waals surface area contributed by atoms with Crippen molar-refractivity contribution in [1.82, 2.24) is 10.3 Å². The van der Waals surface area contributed by atoms with E-state index in [0.29, 0.717) is 0 Å². The number of hydrazine groups is 1. The summed E-state index contributed by atoms with van der Waals surface area (Å²) in [6.07, 6.45) is 1.06. The number of rotatable bonds is 4. The highest BCUT2D eigenvalue weighted by molar-refractivity contribution is 6.30. The first-order chi connectivity index (χ1) is 12.2. The van der Waals surface area contributed by atoms with Crippen molar-refractivity contribution in [2.75, 3.05) is 31.8 Å². The van der Waals surface area contributed by atoms with Gasteiger partial charge in [-0.15, -0.1) is 0 Å². The van der Waals surface area contributed by atoms with Crippen molar-refractivity contribution >= 4 is 17.3 Å².